The average Bonchev–Trinajstić information content (AvgIpc) is 2.97. The van der Waals surface area contributed by atoms with Gasteiger partial charge in [0.25, 0.3) is 5.56 Å². The number of fused-ring (bicyclic) bond motifs is 1. The maximum Gasteiger partial charge on any atom is 0.311 e. The van der Waals surface area contributed by atoms with Crippen LogP contribution in [0.5, 0.6) is 0 Å². The number of aromatic amines is 1. The number of nitrogens with one attached hydrogen (secondary N) is 1. The Morgan fingerprint density at radius 1 is 1.46 bits per heavy atom. The van der Waals surface area contributed by atoms with Gasteiger partial charge in [0.1, 0.15) is 10.5 Å². The second-order valence-electron chi connectivity index (χ2n) is 5.95. The zero-order chi connectivity index (χ0) is 17.6. The van der Waals surface area contributed by atoms with Gasteiger partial charge < -0.3 is 14.5 Å². The molecule has 1 saturated heterocycles. The average molecular weight is 353 g/mol. The summed E-state index contributed by atoms with van der Waals surface area (Å²) < 4.78 is 13.0. The van der Waals surface area contributed by atoms with E-state index in [1.165, 1.54) is 11.5 Å². The predicted molar refractivity (Wildman–Crippen MR) is 88.2 cm³/mol. The van der Waals surface area contributed by atoms with Gasteiger partial charge in [-0.05, 0) is 13.3 Å². The highest BCUT2D eigenvalue weighted by molar-refractivity contribution is 7.16. The number of rotatable bonds is 3. The fourth-order valence-corrected chi connectivity index (χ4v) is 3.99. The van der Waals surface area contributed by atoms with Crippen molar-refractivity contribution in [3.63, 3.8) is 0 Å². The minimum absolute atomic E-state index is 0.0751. The van der Waals surface area contributed by atoms with Crippen LogP contribution in [-0.2, 0) is 14.3 Å². The molecule has 130 valence electrons. The van der Waals surface area contributed by atoms with E-state index in [-0.39, 0.29) is 32.8 Å². The summed E-state index contributed by atoms with van der Waals surface area (Å²) in [6.07, 6.45) is -0.823. The highest BCUT2D eigenvalue weighted by Gasteiger charge is 2.45. The first-order valence-electron chi connectivity index (χ1n) is 7.78. The van der Waals surface area contributed by atoms with Gasteiger partial charge in [0.2, 0.25) is 0 Å². The van der Waals surface area contributed by atoms with E-state index in [0.717, 1.165) is 17.8 Å². The number of thiazole rings is 1. The van der Waals surface area contributed by atoms with Gasteiger partial charge in [-0.15, -0.1) is 0 Å². The number of aryl methyl sites for hydroxylation is 1. The Bertz CT molecular complexity index is 899. The minimum atomic E-state index is -0.788. The largest absolute Gasteiger partial charge is 0.457 e. The summed E-state index contributed by atoms with van der Waals surface area (Å²) in [5.74, 6) is -0.109. The SMILES string of the molecule is CC[C@H]1O[C@@H](n2c(=O)sc3c(=O)[nH]c(C)nc32)[C@H](OC(C)=O)[C@@H]1C. The minimum Gasteiger partial charge on any atom is -0.457 e. The van der Waals surface area contributed by atoms with E-state index in [2.05, 4.69) is 9.97 Å². The predicted octanol–water partition coefficient (Wildman–Crippen LogP) is 1.33. The second kappa shape index (κ2) is 6.14. The van der Waals surface area contributed by atoms with Crippen LogP contribution in [0.4, 0.5) is 0 Å². The molecule has 2 aromatic rings. The van der Waals surface area contributed by atoms with E-state index in [9.17, 15) is 14.4 Å². The fourth-order valence-electron chi connectivity index (χ4n) is 3.15. The summed E-state index contributed by atoms with van der Waals surface area (Å²) in [4.78, 5) is 42.5. The normalized spacial score (nSPS) is 26.8. The summed E-state index contributed by atoms with van der Waals surface area (Å²) in [6, 6.07) is 0. The van der Waals surface area contributed by atoms with Gasteiger partial charge in [-0.3, -0.25) is 19.0 Å². The number of H-pyrrole nitrogens is 1. The third-order valence-electron chi connectivity index (χ3n) is 4.25. The van der Waals surface area contributed by atoms with E-state index in [1.807, 2.05) is 13.8 Å². The highest BCUT2D eigenvalue weighted by Crippen LogP contribution is 2.38. The Morgan fingerprint density at radius 2 is 2.17 bits per heavy atom. The van der Waals surface area contributed by atoms with Gasteiger partial charge in [0.05, 0.1) is 6.10 Å². The fraction of sp³-hybridized carbons (Fsp3) is 0.600. The van der Waals surface area contributed by atoms with Gasteiger partial charge in [0, 0.05) is 12.8 Å². The standard InChI is InChI=1S/C15H19N3O5S/c1-5-9-6(2)10(22-8(4)19)14(23-9)18-12-11(24-15(18)21)13(20)17-7(3)16-12/h6,9-10,14H,5H2,1-4H3,(H,16,17,20)/t6-,9-,10-,14-/m1/s1. The topological polar surface area (TPSA) is 103 Å². The lowest BCUT2D eigenvalue weighted by Gasteiger charge is -2.21. The molecule has 3 heterocycles. The molecule has 24 heavy (non-hydrogen) atoms. The van der Waals surface area contributed by atoms with Crippen LogP contribution in [-0.4, -0.2) is 32.7 Å². The first kappa shape index (κ1) is 16.8. The molecule has 1 N–H and O–H groups in total. The van der Waals surface area contributed by atoms with Crippen molar-refractivity contribution in [3.05, 3.63) is 25.8 Å². The number of nitrogens with zero attached hydrogens (tertiary/aromatic N) is 2. The molecule has 0 radical (unpaired) electrons. The van der Waals surface area contributed by atoms with Gasteiger partial charge in [-0.2, -0.15) is 0 Å². The van der Waals surface area contributed by atoms with Crippen LogP contribution in [0.3, 0.4) is 0 Å². The smallest absolute Gasteiger partial charge is 0.311 e. The summed E-state index contributed by atoms with van der Waals surface area (Å²) in [5, 5.41) is 0. The first-order chi connectivity index (χ1) is 11.3. The van der Waals surface area contributed by atoms with E-state index < -0.39 is 18.3 Å². The van der Waals surface area contributed by atoms with E-state index >= 15 is 0 Å². The lowest BCUT2D eigenvalue weighted by molar-refractivity contribution is -0.153. The quantitative estimate of drug-likeness (QED) is 0.835. The first-order valence-corrected chi connectivity index (χ1v) is 8.59. The number of ether oxygens (including phenoxy) is 2. The molecule has 0 spiro atoms. The van der Waals surface area contributed by atoms with Crippen LogP contribution in [0, 0.1) is 12.8 Å². The highest BCUT2D eigenvalue weighted by atomic mass is 32.1. The molecular weight excluding hydrogens is 334 g/mol. The third-order valence-corrected chi connectivity index (χ3v) is 5.19. The van der Waals surface area contributed by atoms with Crippen LogP contribution < -0.4 is 10.4 Å². The monoisotopic (exact) mass is 353 g/mol. The Balaban J connectivity index is 2.17. The Morgan fingerprint density at radius 3 is 2.79 bits per heavy atom. The zero-order valence-electron chi connectivity index (χ0n) is 13.9. The number of esters is 1. The molecule has 0 aromatic carbocycles. The van der Waals surface area contributed by atoms with Gasteiger partial charge in [-0.25, -0.2) is 4.98 Å². The Labute approximate surface area is 141 Å². The van der Waals surface area contributed by atoms with Crippen LogP contribution >= 0.6 is 11.3 Å². The number of hydrogen-bond donors (Lipinski definition) is 1. The lowest BCUT2D eigenvalue weighted by Crippen LogP contribution is -2.33. The third kappa shape index (κ3) is 2.67. The molecule has 0 saturated carbocycles. The van der Waals surface area contributed by atoms with Crippen molar-refractivity contribution in [1.29, 1.82) is 0 Å². The summed E-state index contributed by atoms with van der Waals surface area (Å²) >= 11 is 0.813. The molecule has 1 fully saturated rings. The van der Waals surface area contributed by atoms with E-state index in [0.29, 0.717) is 5.82 Å². The zero-order valence-corrected chi connectivity index (χ0v) is 14.7. The molecule has 1 aliphatic heterocycles. The number of aromatic nitrogens is 3. The van der Waals surface area contributed by atoms with Crippen molar-refractivity contribution in [1.82, 2.24) is 14.5 Å². The van der Waals surface area contributed by atoms with Gasteiger partial charge in [0.15, 0.2) is 18.0 Å². The molecule has 1 aliphatic rings. The summed E-state index contributed by atoms with van der Waals surface area (Å²) in [5.41, 5.74) is -0.0992. The molecule has 0 aliphatic carbocycles. The molecule has 2 aromatic heterocycles. The van der Waals surface area contributed by atoms with Gasteiger partial charge in [-0.1, -0.05) is 25.2 Å². The maximum atomic E-state index is 12.5. The Kier molecular flexibility index (Phi) is 4.31. The van der Waals surface area contributed by atoms with Crippen molar-refractivity contribution in [2.45, 2.75) is 52.6 Å². The van der Waals surface area contributed by atoms with Crippen LogP contribution in [0.15, 0.2) is 9.59 Å². The molecule has 3 rings (SSSR count). The van der Waals surface area contributed by atoms with E-state index in [4.69, 9.17) is 9.47 Å². The van der Waals surface area contributed by atoms with E-state index in [1.54, 1.807) is 6.92 Å². The molecule has 0 bridgehead atoms. The van der Waals surface area contributed by atoms with Crippen LogP contribution in [0.1, 0.15) is 39.2 Å². The summed E-state index contributed by atoms with van der Waals surface area (Å²) in [6.45, 7) is 6.86. The molecule has 8 nitrogen and oxygen atoms in total. The van der Waals surface area contributed by atoms with Crippen molar-refractivity contribution in [3.8, 4) is 0 Å². The number of carbonyl (C=O) groups excluding carboxylic acids is 1. The van der Waals surface area contributed by atoms with Crippen molar-refractivity contribution >= 4 is 27.7 Å². The maximum absolute atomic E-state index is 12.5. The van der Waals surface area contributed by atoms with Gasteiger partial charge >= 0.3 is 10.8 Å². The number of carbonyl (C=O) groups is 1. The molecule has 0 unspecified atom stereocenters. The van der Waals surface area contributed by atoms with Crippen molar-refractivity contribution in [2.24, 2.45) is 5.92 Å². The molecular formula is C15H19N3O5S. The molecule has 4 atom stereocenters. The Hall–Kier alpha value is -2.00. The molecule has 0 amide bonds. The second-order valence-corrected chi connectivity index (χ2v) is 6.91. The molecule has 9 heteroatoms. The number of hydrogen-bond acceptors (Lipinski definition) is 7. The van der Waals surface area contributed by atoms with Crippen LogP contribution in [0.2, 0.25) is 0 Å². The lowest BCUT2D eigenvalue weighted by atomic mass is 9.98. The van der Waals surface area contributed by atoms with Crippen molar-refractivity contribution in [2.75, 3.05) is 0 Å². The summed E-state index contributed by atoms with van der Waals surface area (Å²) in [7, 11) is 0. The van der Waals surface area contributed by atoms with Crippen LogP contribution in [0.25, 0.3) is 10.3 Å². The van der Waals surface area contributed by atoms with Crippen molar-refractivity contribution < 1.29 is 14.3 Å².